The number of aliphatic imine (C=N–C) groups is 1. The van der Waals surface area contributed by atoms with E-state index < -0.39 is 7.60 Å². The van der Waals surface area contributed by atoms with Crippen LogP contribution in [0.2, 0.25) is 0 Å². The maximum absolute atomic E-state index is 13.1. The Balaban J connectivity index is 2.30. The van der Waals surface area contributed by atoms with E-state index in [1.165, 1.54) is 0 Å². The standard InChI is InChI=1S/C18H23N2O3P/c1-3-22-24(21,23-4-2)18(20-17-13-9-6-10-14-17)19-15-16-11-7-5-8-12-16/h5-14H,3-4,15H2,1-2H3,(H,19,20). The SMILES string of the molecule is CCOP(=O)(OCC)C(=NCc1ccccc1)Nc1ccccc1. The molecule has 1 N–H and O–H groups in total. The van der Waals surface area contributed by atoms with Gasteiger partial charge in [0, 0.05) is 5.69 Å². The van der Waals surface area contributed by atoms with Crippen LogP contribution < -0.4 is 5.32 Å². The number of nitrogens with zero attached hydrogens (tertiary/aromatic N) is 1. The molecule has 0 saturated carbocycles. The van der Waals surface area contributed by atoms with Crippen molar-refractivity contribution in [1.82, 2.24) is 0 Å². The van der Waals surface area contributed by atoms with Crippen LogP contribution in [-0.2, 0) is 20.2 Å². The Morgan fingerprint density at radius 3 is 2.04 bits per heavy atom. The van der Waals surface area contributed by atoms with Gasteiger partial charge in [-0.1, -0.05) is 48.5 Å². The second-order valence-electron chi connectivity index (χ2n) is 4.95. The van der Waals surface area contributed by atoms with E-state index in [0.717, 1.165) is 11.3 Å². The molecule has 2 aromatic carbocycles. The van der Waals surface area contributed by atoms with Crippen molar-refractivity contribution in [1.29, 1.82) is 0 Å². The van der Waals surface area contributed by atoms with E-state index in [1.807, 2.05) is 60.7 Å². The first-order chi connectivity index (χ1) is 11.7. The van der Waals surface area contributed by atoms with E-state index >= 15 is 0 Å². The number of rotatable bonds is 8. The van der Waals surface area contributed by atoms with Crippen molar-refractivity contribution in [3.63, 3.8) is 0 Å². The van der Waals surface area contributed by atoms with Crippen LogP contribution >= 0.6 is 7.60 Å². The topological polar surface area (TPSA) is 59.9 Å². The largest absolute Gasteiger partial charge is 0.396 e. The minimum atomic E-state index is -3.49. The zero-order valence-electron chi connectivity index (χ0n) is 14.0. The first-order valence-corrected chi connectivity index (χ1v) is 9.52. The quantitative estimate of drug-likeness (QED) is 0.419. The van der Waals surface area contributed by atoms with Crippen LogP contribution in [0.4, 0.5) is 5.69 Å². The van der Waals surface area contributed by atoms with Crippen LogP contribution in [0.5, 0.6) is 0 Å². The van der Waals surface area contributed by atoms with Crippen molar-refractivity contribution in [3.05, 3.63) is 66.2 Å². The highest BCUT2D eigenvalue weighted by Gasteiger charge is 2.32. The van der Waals surface area contributed by atoms with Crippen LogP contribution in [0.15, 0.2) is 65.7 Å². The van der Waals surface area contributed by atoms with Crippen molar-refractivity contribution in [2.75, 3.05) is 18.5 Å². The molecule has 0 aliphatic rings. The van der Waals surface area contributed by atoms with Crippen molar-refractivity contribution < 1.29 is 13.6 Å². The van der Waals surface area contributed by atoms with Gasteiger partial charge in [-0.2, -0.15) is 0 Å². The summed E-state index contributed by atoms with van der Waals surface area (Å²) in [5, 5.41) is 3.10. The number of benzene rings is 2. The Labute approximate surface area is 143 Å². The third-order valence-corrected chi connectivity index (χ3v) is 5.11. The number of hydrogen-bond donors (Lipinski definition) is 1. The maximum Gasteiger partial charge on any atom is 0.396 e. The zero-order chi connectivity index (χ0) is 17.3. The van der Waals surface area contributed by atoms with Gasteiger partial charge in [0.2, 0.25) is 5.58 Å². The molecule has 6 heteroatoms. The zero-order valence-corrected chi connectivity index (χ0v) is 14.9. The summed E-state index contributed by atoms with van der Waals surface area (Å²) in [5.41, 5.74) is 2.02. The monoisotopic (exact) mass is 346 g/mol. The van der Waals surface area contributed by atoms with Crippen LogP contribution in [0.25, 0.3) is 0 Å². The minimum Gasteiger partial charge on any atom is -0.334 e. The van der Waals surface area contributed by atoms with Gasteiger partial charge in [-0.05, 0) is 31.5 Å². The molecule has 0 saturated heterocycles. The Bertz CT molecular complexity index is 680. The van der Waals surface area contributed by atoms with Gasteiger partial charge in [0.05, 0.1) is 19.8 Å². The fraction of sp³-hybridized carbons (Fsp3) is 0.278. The molecule has 2 rings (SSSR count). The van der Waals surface area contributed by atoms with Gasteiger partial charge >= 0.3 is 7.60 Å². The van der Waals surface area contributed by atoms with Crippen LogP contribution in [0.3, 0.4) is 0 Å². The number of anilines is 1. The van der Waals surface area contributed by atoms with Gasteiger partial charge in [-0.3, -0.25) is 9.56 Å². The van der Waals surface area contributed by atoms with Crippen LogP contribution in [0, 0.1) is 0 Å². The number of hydrogen-bond acceptors (Lipinski definition) is 4. The van der Waals surface area contributed by atoms with E-state index in [1.54, 1.807) is 13.8 Å². The molecule has 5 nitrogen and oxygen atoms in total. The normalized spacial score (nSPS) is 12.2. The van der Waals surface area contributed by atoms with E-state index in [-0.39, 0.29) is 18.8 Å². The first-order valence-electron chi connectivity index (χ1n) is 7.98. The average Bonchev–Trinajstić information content (AvgIpc) is 2.61. The van der Waals surface area contributed by atoms with Crippen molar-refractivity contribution in [2.45, 2.75) is 20.4 Å². The fourth-order valence-electron chi connectivity index (χ4n) is 2.09. The molecule has 0 bridgehead atoms. The van der Waals surface area contributed by atoms with E-state index in [9.17, 15) is 4.57 Å². The molecule has 0 aromatic heterocycles. The molecule has 0 heterocycles. The third kappa shape index (κ3) is 5.31. The first kappa shape index (κ1) is 18.4. The second-order valence-corrected chi connectivity index (χ2v) is 6.88. The highest BCUT2D eigenvalue weighted by atomic mass is 31.2. The predicted molar refractivity (Wildman–Crippen MR) is 98.5 cm³/mol. The molecular weight excluding hydrogens is 323 g/mol. The summed E-state index contributed by atoms with van der Waals surface area (Å²) in [4.78, 5) is 4.49. The molecule has 0 amide bonds. The van der Waals surface area contributed by atoms with Crippen molar-refractivity contribution >= 4 is 18.9 Å². The molecule has 0 unspecified atom stereocenters. The highest BCUT2D eigenvalue weighted by molar-refractivity contribution is 7.72. The predicted octanol–water partition coefficient (Wildman–Crippen LogP) is 4.92. The number of para-hydroxylation sites is 1. The average molecular weight is 346 g/mol. The molecule has 0 atom stereocenters. The molecule has 0 aliphatic heterocycles. The summed E-state index contributed by atoms with van der Waals surface area (Å²) in [6, 6.07) is 19.2. The summed E-state index contributed by atoms with van der Waals surface area (Å²) in [7, 11) is -3.49. The van der Waals surface area contributed by atoms with Crippen LogP contribution in [0.1, 0.15) is 19.4 Å². The molecule has 0 fully saturated rings. The van der Waals surface area contributed by atoms with Gasteiger partial charge in [-0.15, -0.1) is 0 Å². The number of amidine groups is 1. The van der Waals surface area contributed by atoms with Gasteiger partial charge in [0.15, 0.2) is 0 Å². The Morgan fingerprint density at radius 2 is 1.50 bits per heavy atom. The van der Waals surface area contributed by atoms with E-state index in [0.29, 0.717) is 6.54 Å². The summed E-state index contributed by atoms with van der Waals surface area (Å²) in [6.07, 6.45) is 0. The Morgan fingerprint density at radius 1 is 0.958 bits per heavy atom. The summed E-state index contributed by atoms with van der Waals surface area (Å²) in [5.74, 6) is 0. The molecule has 0 spiro atoms. The second kappa shape index (κ2) is 9.38. The molecular formula is C18H23N2O3P. The summed E-state index contributed by atoms with van der Waals surface area (Å²) < 4.78 is 24.0. The molecule has 0 radical (unpaired) electrons. The maximum atomic E-state index is 13.1. The van der Waals surface area contributed by atoms with Gasteiger partial charge < -0.3 is 14.4 Å². The molecule has 128 valence electrons. The van der Waals surface area contributed by atoms with Crippen molar-refractivity contribution in [3.8, 4) is 0 Å². The van der Waals surface area contributed by atoms with E-state index in [4.69, 9.17) is 9.05 Å². The van der Waals surface area contributed by atoms with E-state index in [2.05, 4.69) is 10.3 Å². The summed E-state index contributed by atoms with van der Waals surface area (Å²) >= 11 is 0. The lowest BCUT2D eigenvalue weighted by Gasteiger charge is -2.20. The lowest BCUT2D eigenvalue weighted by atomic mass is 10.2. The Kier molecular flexibility index (Phi) is 7.19. The molecule has 2 aromatic rings. The highest BCUT2D eigenvalue weighted by Crippen LogP contribution is 2.49. The van der Waals surface area contributed by atoms with Gasteiger partial charge in [-0.25, -0.2) is 0 Å². The van der Waals surface area contributed by atoms with Crippen molar-refractivity contribution in [2.24, 2.45) is 4.99 Å². The lowest BCUT2D eigenvalue weighted by molar-refractivity contribution is 0.232. The third-order valence-electron chi connectivity index (χ3n) is 3.14. The van der Waals surface area contributed by atoms with Gasteiger partial charge in [0.25, 0.3) is 0 Å². The smallest absolute Gasteiger partial charge is 0.334 e. The summed E-state index contributed by atoms with van der Waals surface area (Å²) in [6.45, 7) is 4.50. The Hall–Kier alpha value is -1.94. The number of nitrogens with one attached hydrogen (secondary N) is 1. The minimum absolute atomic E-state index is 0.223. The van der Waals surface area contributed by atoms with Crippen LogP contribution in [-0.4, -0.2) is 18.8 Å². The molecule has 24 heavy (non-hydrogen) atoms. The lowest BCUT2D eigenvalue weighted by Crippen LogP contribution is -2.17. The molecule has 0 aliphatic carbocycles. The fourth-order valence-corrected chi connectivity index (χ4v) is 3.60. The van der Waals surface area contributed by atoms with Gasteiger partial charge in [0.1, 0.15) is 0 Å².